The molecule has 0 aliphatic rings. The lowest BCUT2D eigenvalue weighted by molar-refractivity contribution is -0.387. The molecule has 0 bridgehead atoms. The highest BCUT2D eigenvalue weighted by Crippen LogP contribution is 2.22. The Balaban J connectivity index is 3.26. The van der Waals surface area contributed by atoms with Gasteiger partial charge in [-0.2, -0.15) is 4.39 Å². The highest BCUT2D eigenvalue weighted by Gasteiger charge is 2.20. The van der Waals surface area contributed by atoms with E-state index < -0.39 is 27.8 Å². The second kappa shape index (κ2) is 4.07. The molecule has 0 unspecified atom stereocenters. The minimum Gasteiger partial charge on any atom is -0.271 e. The first-order chi connectivity index (χ1) is 6.57. The maximum absolute atomic E-state index is 13.2. The Morgan fingerprint density at radius 3 is 2.64 bits per heavy atom. The lowest BCUT2D eigenvalue weighted by Gasteiger charge is -2.03. The predicted octanol–water partition coefficient (Wildman–Crippen LogP) is 0.836. The molecule has 0 saturated carbocycles. The summed E-state index contributed by atoms with van der Waals surface area (Å²) in [6.07, 6.45) is 0. The Morgan fingerprint density at radius 2 is 2.14 bits per heavy atom. The first-order valence-electron chi connectivity index (χ1n) is 3.62. The molecule has 1 aromatic carbocycles. The summed E-state index contributed by atoms with van der Waals surface area (Å²) in [5.74, 6) is 2.80. The molecule has 14 heavy (non-hydrogen) atoms. The third kappa shape index (κ3) is 1.83. The van der Waals surface area contributed by atoms with Crippen molar-refractivity contribution in [3.05, 3.63) is 39.4 Å². The van der Waals surface area contributed by atoms with Gasteiger partial charge in [-0.3, -0.25) is 21.4 Å². The van der Waals surface area contributed by atoms with Crippen LogP contribution < -0.4 is 11.3 Å². The van der Waals surface area contributed by atoms with E-state index in [0.717, 1.165) is 12.1 Å². The van der Waals surface area contributed by atoms with E-state index in [1.807, 2.05) is 5.43 Å². The molecule has 0 aliphatic heterocycles. The summed E-state index contributed by atoms with van der Waals surface area (Å²) in [7, 11) is 0. The first-order valence-corrected chi connectivity index (χ1v) is 3.62. The number of nitro groups is 1. The molecule has 0 spiro atoms. The first kappa shape index (κ1) is 10.5. The van der Waals surface area contributed by atoms with Crippen molar-refractivity contribution in [1.29, 1.82) is 0 Å². The van der Waals surface area contributed by atoms with Gasteiger partial charge in [-0.05, 0) is 6.07 Å². The van der Waals surface area contributed by atoms with Crippen LogP contribution in [0.25, 0.3) is 0 Å². The average molecular weight is 203 g/mol. The fourth-order valence-corrected chi connectivity index (χ4v) is 0.990. The van der Waals surface area contributed by atoms with Crippen molar-refractivity contribution in [2.24, 2.45) is 5.84 Å². The average Bonchev–Trinajstić information content (AvgIpc) is 2.11. The molecule has 0 saturated heterocycles. The standard InChI is InChI=1S/C7H7F2N3O2/c8-5-1-2-6(12(13)14)7(9)4(5)3-11-10/h1-2,11H,3,10H2. The third-order valence-corrected chi connectivity index (χ3v) is 1.64. The Labute approximate surface area is 77.6 Å². The van der Waals surface area contributed by atoms with E-state index in [1.165, 1.54) is 0 Å². The molecule has 5 nitrogen and oxygen atoms in total. The molecule has 0 atom stereocenters. The van der Waals surface area contributed by atoms with Crippen molar-refractivity contribution in [3.63, 3.8) is 0 Å². The quantitative estimate of drug-likeness (QED) is 0.433. The number of nitro benzene ring substituents is 1. The van der Waals surface area contributed by atoms with Crippen molar-refractivity contribution in [2.45, 2.75) is 6.54 Å². The molecule has 1 aromatic rings. The molecule has 0 aliphatic carbocycles. The summed E-state index contributed by atoms with van der Waals surface area (Å²) in [5.41, 5.74) is 0.819. The number of hydrazine groups is 1. The zero-order valence-electron chi connectivity index (χ0n) is 6.96. The summed E-state index contributed by atoms with van der Waals surface area (Å²) in [6, 6.07) is 1.60. The van der Waals surface area contributed by atoms with Gasteiger partial charge in [0.1, 0.15) is 5.82 Å². The number of rotatable bonds is 3. The molecule has 0 heterocycles. The topological polar surface area (TPSA) is 81.2 Å². The lowest BCUT2D eigenvalue weighted by Crippen LogP contribution is -2.22. The summed E-state index contributed by atoms with van der Waals surface area (Å²) < 4.78 is 26.1. The summed E-state index contributed by atoms with van der Waals surface area (Å²) in [6.45, 7) is -0.306. The van der Waals surface area contributed by atoms with Crippen LogP contribution in [-0.4, -0.2) is 4.92 Å². The van der Waals surface area contributed by atoms with E-state index >= 15 is 0 Å². The van der Waals surface area contributed by atoms with Crippen LogP contribution in [0, 0.1) is 21.7 Å². The van der Waals surface area contributed by atoms with Gasteiger partial charge in [-0.1, -0.05) is 0 Å². The van der Waals surface area contributed by atoms with Crippen LogP contribution in [-0.2, 0) is 6.54 Å². The van der Waals surface area contributed by atoms with Gasteiger partial charge < -0.3 is 0 Å². The van der Waals surface area contributed by atoms with Crippen LogP contribution in [0.2, 0.25) is 0 Å². The van der Waals surface area contributed by atoms with E-state index in [1.54, 1.807) is 0 Å². The minimum atomic E-state index is -1.20. The van der Waals surface area contributed by atoms with Crippen molar-refractivity contribution >= 4 is 5.69 Å². The highest BCUT2D eigenvalue weighted by molar-refractivity contribution is 5.37. The summed E-state index contributed by atoms with van der Waals surface area (Å²) >= 11 is 0. The van der Waals surface area contributed by atoms with Crippen molar-refractivity contribution in [1.82, 2.24) is 5.43 Å². The molecule has 0 radical (unpaired) electrons. The predicted molar refractivity (Wildman–Crippen MR) is 44.0 cm³/mol. The SMILES string of the molecule is NNCc1c(F)ccc([N+](=O)[O-])c1F. The van der Waals surface area contributed by atoms with E-state index in [2.05, 4.69) is 0 Å². The largest absolute Gasteiger partial charge is 0.305 e. The molecular weight excluding hydrogens is 196 g/mol. The van der Waals surface area contributed by atoms with Crippen LogP contribution in [0.3, 0.4) is 0 Å². The van der Waals surface area contributed by atoms with E-state index in [-0.39, 0.29) is 6.54 Å². The van der Waals surface area contributed by atoms with Crippen molar-refractivity contribution in [3.8, 4) is 0 Å². The summed E-state index contributed by atoms with van der Waals surface area (Å²) in [4.78, 5) is 9.36. The van der Waals surface area contributed by atoms with Gasteiger partial charge in [0.2, 0.25) is 5.82 Å². The van der Waals surface area contributed by atoms with E-state index in [4.69, 9.17) is 5.84 Å². The van der Waals surface area contributed by atoms with Gasteiger partial charge in [-0.15, -0.1) is 0 Å². The fraction of sp³-hybridized carbons (Fsp3) is 0.143. The molecule has 7 heteroatoms. The molecule has 1 rings (SSSR count). The number of nitrogens with one attached hydrogen (secondary N) is 1. The van der Waals surface area contributed by atoms with E-state index in [9.17, 15) is 18.9 Å². The van der Waals surface area contributed by atoms with Crippen molar-refractivity contribution in [2.75, 3.05) is 0 Å². The Bertz CT molecular complexity index is 370. The fourth-order valence-electron chi connectivity index (χ4n) is 0.990. The molecule has 76 valence electrons. The minimum absolute atomic E-state index is 0.306. The van der Waals surface area contributed by atoms with Crippen LogP contribution in [0.1, 0.15) is 5.56 Å². The Kier molecular flexibility index (Phi) is 3.05. The maximum atomic E-state index is 13.2. The number of benzene rings is 1. The summed E-state index contributed by atoms with van der Waals surface area (Å²) in [5, 5.41) is 10.3. The smallest absolute Gasteiger partial charge is 0.271 e. The number of nitrogens with two attached hydrogens (primary N) is 1. The van der Waals surface area contributed by atoms with Gasteiger partial charge in [0.15, 0.2) is 0 Å². The normalized spacial score (nSPS) is 10.2. The maximum Gasteiger partial charge on any atom is 0.305 e. The zero-order chi connectivity index (χ0) is 10.7. The molecule has 0 aromatic heterocycles. The van der Waals surface area contributed by atoms with Crippen LogP contribution in [0.5, 0.6) is 0 Å². The second-order valence-electron chi connectivity index (χ2n) is 2.50. The Morgan fingerprint density at radius 1 is 1.50 bits per heavy atom. The van der Waals surface area contributed by atoms with Gasteiger partial charge in [-0.25, -0.2) is 4.39 Å². The molecule has 3 N–H and O–H groups in total. The van der Waals surface area contributed by atoms with Gasteiger partial charge in [0, 0.05) is 18.2 Å². The molecule has 0 amide bonds. The van der Waals surface area contributed by atoms with Crippen LogP contribution in [0.15, 0.2) is 12.1 Å². The third-order valence-electron chi connectivity index (χ3n) is 1.64. The van der Waals surface area contributed by atoms with E-state index in [0.29, 0.717) is 0 Å². The molecular formula is C7H7F2N3O2. The van der Waals surface area contributed by atoms with Crippen LogP contribution >= 0.6 is 0 Å². The number of halogens is 2. The Hall–Kier alpha value is -1.60. The van der Waals surface area contributed by atoms with Crippen molar-refractivity contribution < 1.29 is 13.7 Å². The number of hydrogen-bond acceptors (Lipinski definition) is 4. The van der Waals surface area contributed by atoms with Crippen LogP contribution in [0.4, 0.5) is 14.5 Å². The second-order valence-corrected chi connectivity index (χ2v) is 2.50. The van der Waals surface area contributed by atoms with Gasteiger partial charge in [0.05, 0.1) is 4.92 Å². The number of nitrogens with zero attached hydrogens (tertiary/aromatic N) is 1. The highest BCUT2D eigenvalue weighted by atomic mass is 19.1. The lowest BCUT2D eigenvalue weighted by atomic mass is 10.1. The van der Waals surface area contributed by atoms with Gasteiger partial charge >= 0.3 is 5.69 Å². The molecule has 0 fully saturated rings. The number of hydrogen-bond donors (Lipinski definition) is 2. The van der Waals surface area contributed by atoms with Gasteiger partial charge in [0.25, 0.3) is 0 Å². The monoisotopic (exact) mass is 203 g/mol. The zero-order valence-corrected chi connectivity index (χ0v) is 6.96.